The van der Waals surface area contributed by atoms with Gasteiger partial charge in [0, 0.05) is 38.6 Å². The fourth-order valence-electron chi connectivity index (χ4n) is 3.61. The summed E-state index contributed by atoms with van der Waals surface area (Å²) in [4.78, 5) is 21.0. The van der Waals surface area contributed by atoms with Gasteiger partial charge in [0.1, 0.15) is 0 Å². The second-order valence-electron chi connectivity index (χ2n) is 6.85. The van der Waals surface area contributed by atoms with E-state index in [1.165, 1.54) is 25.8 Å². The van der Waals surface area contributed by atoms with E-state index in [0.29, 0.717) is 23.9 Å². The number of fused-ring (bicyclic) bond motifs is 1. The zero-order valence-corrected chi connectivity index (χ0v) is 13.0. The van der Waals surface area contributed by atoms with E-state index < -0.39 is 0 Å². The highest BCUT2D eigenvalue weighted by Gasteiger charge is 2.40. The first-order chi connectivity index (χ1) is 10.7. The Hall–Kier alpha value is -1.40. The number of aromatic nitrogens is 1. The number of amides is 1. The lowest BCUT2D eigenvalue weighted by Gasteiger charge is -2.23. The second kappa shape index (κ2) is 5.66. The molecule has 0 radical (unpaired) electrons. The summed E-state index contributed by atoms with van der Waals surface area (Å²) in [6.45, 7) is 7.27. The van der Waals surface area contributed by atoms with Gasteiger partial charge in [-0.2, -0.15) is 0 Å². The molecule has 120 valence electrons. The molecule has 0 aromatic carbocycles. The largest absolute Gasteiger partial charge is 0.438 e. The van der Waals surface area contributed by atoms with Crippen LogP contribution in [0.25, 0.3) is 0 Å². The molecule has 6 heteroatoms. The maximum absolute atomic E-state index is 12.6. The van der Waals surface area contributed by atoms with Gasteiger partial charge in [-0.05, 0) is 25.7 Å². The molecule has 1 aromatic rings. The standard InChI is InChI=1S/C16H23N3O3/c1-11-15(22-10-17-11)16(20)19-8-13-7-18(6-12-2-3-12)4-5-21-14(13)9-19/h10,12-14H,2-9H2,1H3/t13-,14+/m1/s1. The van der Waals surface area contributed by atoms with Crippen molar-refractivity contribution in [3.63, 3.8) is 0 Å². The van der Waals surface area contributed by atoms with Gasteiger partial charge in [-0.3, -0.25) is 4.79 Å². The highest BCUT2D eigenvalue weighted by atomic mass is 16.5. The summed E-state index contributed by atoms with van der Waals surface area (Å²) in [5, 5.41) is 0. The first-order valence-electron chi connectivity index (χ1n) is 8.24. The maximum atomic E-state index is 12.6. The Morgan fingerprint density at radius 2 is 2.23 bits per heavy atom. The molecule has 0 N–H and O–H groups in total. The molecule has 22 heavy (non-hydrogen) atoms. The molecular formula is C16H23N3O3. The van der Waals surface area contributed by atoms with Gasteiger partial charge in [-0.1, -0.05) is 0 Å². The highest BCUT2D eigenvalue weighted by Crippen LogP contribution is 2.32. The molecule has 3 fully saturated rings. The summed E-state index contributed by atoms with van der Waals surface area (Å²) in [5.41, 5.74) is 0.661. The summed E-state index contributed by atoms with van der Waals surface area (Å²) in [7, 11) is 0. The quantitative estimate of drug-likeness (QED) is 0.839. The normalized spacial score (nSPS) is 29.4. The van der Waals surface area contributed by atoms with Gasteiger partial charge in [0.2, 0.25) is 5.76 Å². The van der Waals surface area contributed by atoms with Crippen LogP contribution in [0.3, 0.4) is 0 Å². The van der Waals surface area contributed by atoms with Gasteiger partial charge < -0.3 is 19.0 Å². The van der Waals surface area contributed by atoms with Crippen molar-refractivity contribution in [1.82, 2.24) is 14.8 Å². The fourth-order valence-corrected chi connectivity index (χ4v) is 3.61. The lowest BCUT2D eigenvalue weighted by atomic mass is 10.1. The van der Waals surface area contributed by atoms with Crippen molar-refractivity contribution in [3.8, 4) is 0 Å². The molecule has 1 amide bonds. The molecule has 1 aliphatic carbocycles. The average molecular weight is 305 g/mol. The Bertz CT molecular complexity index is 555. The van der Waals surface area contributed by atoms with E-state index in [-0.39, 0.29) is 12.0 Å². The molecule has 2 saturated heterocycles. The third-order valence-electron chi connectivity index (χ3n) is 5.05. The molecule has 2 atom stereocenters. The van der Waals surface area contributed by atoms with Crippen LogP contribution in [0.5, 0.6) is 0 Å². The van der Waals surface area contributed by atoms with Crippen LogP contribution >= 0.6 is 0 Å². The van der Waals surface area contributed by atoms with Crippen molar-refractivity contribution in [1.29, 1.82) is 0 Å². The smallest absolute Gasteiger partial charge is 0.291 e. The minimum atomic E-state index is -0.0552. The summed E-state index contributed by atoms with van der Waals surface area (Å²) in [6.07, 6.45) is 4.25. The van der Waals surface area contributed by atoms with E-state index in [1.807, 2.05) is 4.90 Å². The zero-order chi connectivity index (χ0) is 15.1. The number of carbonyl (C=O) groups excluding carboxylic acids is 1. The van der Waals surface area contributed by atoms with Gasteiger partial charge in [-0.25, -0.2) is 4.98 Å². The third-order valence-corrected chi connectivity index (χ3v) is 5.05. The van der Waals surface area contributed by atoms with E-state index in [2.05, 4.69) is 9.88 Å². The van der Waals surface area contributed by atoms with Crippen LogP contribution in [0.1, 0.15) is 29.1 Å². The van der Waals surface area contributed by atoms with Crippen LogP contribution in [0, 0.1) is 18.8 Å². The van der Waals surface area contributed by atoms with E-state index in [9.17, 15) is 4.79 Å². The van der Waals surface area contributed by atoms with Gasteiger partial charge >= 0.3 is 0 Å². The van der Waals surface area contributed by atoms with Crippen LogP contribution < -0.4 is 0 Å². The van der Waals surface area contributed by atoms with E-state index in [1.54, 1.807) is 6.92 Å². The predicted molar refractivity (Wildman–Crippen MR) is 79.5 cm³/mol. The van der Waals surface area contributed by atoms with Crippen molar-refractivity contribution in [2.75, 3.05) is 39.3 Å². The van der Waals surface area contributed by atoms with Crippen molar-refractivity contribution in [2.24, 2.45) is 11.8 Å². The number of hydrogen-bond acceptors (Lipinski definition) is 5. The van der Waals surface area contributed by atoms with Gasteiger partial charge in [0.25, 0.3) is 5.91 Å². The number of aryl methyl sites for hydroxylation is 1. The SMILES string of the molecule is Cc1ncoc1C(=O)N1C[C@H]2CN(CC3CC3)CCO[C@H]2C1. The Balaban J connectivity index is 1.42. The van der Waals surface area contributed by atoms with Gasteiger partial charge in [0.05, 0.1) is 18.4 Å². The second-order valence-corrected chi connectivity index (χ2v) is 6.85. The van der Waals surface area contributed by atoms with Gasteiger partial charge in [0.15, 0.2) is 6.39 Å². The topological polar surface area (TPSA) is 58.8 Å². The maximum Gasteiger partial charge on any atom is 0.291 e. The number of rotatable bonds is 3. The Labute approximate surface area is 130 Å². The molecule has 3 heterocycles. The Morgan fingerprint density at radius 3 is 2.95 bits per heavy atom. The Morgan fingerprint density at radius 1 is 1.36 bits per heavy atom. The van der Waals surface area contributed by atoms with E-state index in [4.69, 9.17) is 9.15 Å². The molecule has 4 rings (SSSR count). The first-order valence-corrected chi connectivity index (χ1v) is 8.24. The first kappa shape index (κ1) is 14.2. The van der Waals surface area contributed by atoms with Crippen molar-refractivity contribution >= 4 is 5.91 Å². The summed E-state index contributed by atoms with van der Waals surface area (Å²) >= 11 is 0. The molecule has 6 nitrogen and oxygen atoms in total. The van der Waals surface area contributed by atoms with Crippen molar-refractivity contribution in [2.45, 2.75) is 25.9 Å². The summed E-state index contributed by atoms with van der Waals surface area (Å²) in [6, 6.07) is 0. The van der Waals surface area contributed by atoms with Crippen LogP contribution in [0.15, 0.2) is 10.8 Å². The van der Waals surface area contributed by atoms with Crippen LogP contribution in [0.4, 0.5) is 0 Å². The summed E-state index contributed by atoms with van der Waals surface area (Å²) in [5.74, 6) is 1.62. The molecule has 1 aromatic heterocycles. The highest BCUT2D eigenvalue weighted by molar-refractivity contribution is 5.92. The molecule has 2 aliphatic heterocycles. The molecule has 3 aliphatic rings. The molecule has 0 bridgehead atoms. The zero-order valence-electron chi connectivity index (χ0n) is 13.0. The lowest BCUT2D eigenvalue weighted by molar-refractivity contribution is 0.0476. The number of oxazole rings is 1. The molecular weight excluding hydrogens is 282 g/mol. The fraction of sp³-hybridized carbons (Fsp3) is 0.750. The van der Waals surface area contributed by atoms with E-state index in [0.717, 1.165) is 32.2 Å². The number of ether oxygens (including phenoxy) is 1. The summed E-state index contributed by atoms with van der Waals surface area (Å²) < 4.78 is 11.3. The van der Waals surface area contributed by atoms with Crippen LogP contribution in [-0.2, 0) is 4.74 Å². The number of likely N-dealkylation sites (tertiary alicyclic amines) is 1. The number of carbonyl (C=O) groups is 1. The van der Waals surface area contributed by atoms with E-state index >= 15 is 0 Å². The molecule has 1 saturated carbocycles. The molecule has 0 unspecified atom stereocenters. The Kier molecular flexibility index (Phi) is 3.66. The van der Waals surface area contributed by atoms with Gasteiger partial charge in [-0.15, -0.1) is 0 Å². The monoisotopic (exact) mass is 305 g/mol. The minimum Gasteiger partial charge on any atom is -0.438 e. The van der Waals surface area contributed by atoms with Crippen LogP contribution in [0.2, 0.25) is 0 Å². The average Bonchev–Trinajstić information content (AvgIpc) is 3.13. The number of nitrogens with zero attached hydrogens (tertiary/aromatic N) is 3. The number of hydrogen-bond donors (Lipinski definition) is 0. The van der Waals surface area contributed by atoms with Crippen molar-refractivity contribution in [3.05, 3.63) is 17.8 Å². The van der Waals surface area contributed by atoms with Crippen molar-refractivity contribution < 1.29 is 13.9 Å². The lowest BCUT2D eigenvalue weighted by Crippen LogP contribution is -2.35. The third kappa shape index (κ3) is 2.77. The predicted octanol–water partition coefficient (Wildman–Crippen LogP) is 1.17. The van der Waals surface area contributed by atoms with Crippen LogP contribution in [-0.4, -0.2) is 66.1 Å². The molecule has 0 spiro atoms. The minimum absolute atomic E-state index is 0.0552.